The Bertz CT molecular complexity index is 914. The van der Waals surface area contributed by atoms with Gasteiger partial charge in [-0.2, -0.15) is 5.06 Å². The first-order valence-electron chi connectivity index (χ1n) is 8.96. The number of benzene rings is 1. The van der Waals surface area contributed by atoms with Crippen LogP contribution in [-0.4, -0.2) is 35.7 Å². The molecular formula is C20H21N3O4. The summed E-state index contributed by atoms with van der Waals surface area (Å²) in [6, 6.07) is 8.57. The number of anilines is 1. The lowest BCUT2D eigenvalue weighted by atomic mass is 9.70. The molecule has 2 amide bonds. The first-order valence-corrected chi connectivity index (χ1v) is 8.96. The molecule has 1 atom stereocenters. The topological polar surface area (TPSA) is 91.8 Å². The first kappa shape index (κ1) is 17.5. The highest BCUT2D eigenvalue weighted by atomic mass is 16.5. The molecule has 4 rings (SSSR count). The van der Waals surface area contributed by atoms with Crippen LogP contribution in [0.25, 0.3) is 0 Å². The van der Waals surface area contributed by atoms with Gasteiger partial charge >= 0.3 is 0 Å². The van der Waals surface area contributed by atoms with E-state index in [0.717, 1.165) is 36.9 Å². The fourth-order valence-electron chi connectivity index (χ4n) is 4.05. The van der Waals surface area contributed by atoms with E-state index in [4.69, 9.17) is 4.74 Å². The van der Waals surface area contributed by atoms with E-state index in [-0.39, 0.29) is 22.9 Å². The van der Waals surface area contributed by atoms with Crippen molar-refractivity contribution in [3.63, 3.8) is 0 Å². The number of aromatic nitrogens is 1. The molecule has 1 fully saturated rings. The Kier molecular flexibility index (Phi) is 4.31. The van der Waals surface area contributed by atoms with Crippen LogP contribution in [0.15, 0.2) is 36.5 Å². The van der Waals surface area contributed by atoms with E-state index >= 15 is 0 Å². The van der Waals surface area contributed by atoms with E-state index in [2.05, 4.69) is 10.3 Å². The molecule has 0 saturated carbocycles. The zero-order valence-corrected chi connectivity index (χ0v) is 15.1. The minimum Gasteiger partial charge on any atom is -0.479 e. The van der Waals surface area contributed by atoms with Gasteiger partial charge in [0.05, 0.1) is 12.5 Å². The van der Waals surface area contributed by atoms with Gasteiger partial charge in [-0.1, -0.05) is 6.07 Å². The van der Waals surface area contributed by atoms with Crippen molar-refractivity contribution in [3.05, 3.63) is 53.2 Å². The second-order valence-corrected chi connectivity index (χ2v) is 7.10. The maximum atomic E-state index is 12.7. The van der Waals surface area contributed by atoms with Crippen molar-refractivity contribution in [2.75, 3.05) is 18.7 Å². The average Bonchev–Trinajstić information content (AvgIpc) is 3.05. The average molecular weight is 367 g/mol. The highest BCUT2D eigenvalue weighted by molar-refractivity contribution is 6.05. The molecule has 1 aromatic carbocycles. The van der Waals surface area contributed by atoms with Crippen molar-refractivity contribution in [3.8, 4) is 5.88 Å². The van der Waals surface area contributed by atoms with E-state index in [1.807, 2.05) is 12.1 Å². The molecule has 2 aromatic rings. The van der Waals surface area contributed by atoms with Crippen LogP contribution >= 0.6 is 0 Å². The third-order valence-corrected chi connectivity index (χ3v) is 5.59. The minimum absolute atomic E-state index is 0.138. The summed E-state index contributed by atoms with van der Waals surface area (Å²) in [5.41, 5.74) is 2.42. The van der Waals surface area contributed by atoms with Crippen molar-refractivity contribution in [2.45, 2.75) is 25.7 Å². The van der Waals surface area contributed by atoms with Gasteiger partial charge < -0.3 is 10.1 Å². The number of methoxy groups -OCH3 is 1. The lowest BCUT2D eigenvalue weighted by Crippen LogP contribution is -2.36. The van der Waals surface area contributed by atoms with Crippen molar-refractivity contribution >= 4 is 17.5 Å². The standard InChI is InChI=1S/C20H21N3O4/c1-27-17-16(3-2-9-21-17)23(26)18(24)14-4-5-15-12-20(7-6-13(15)11-14)8-10-22-19(20)25/h2-5,9,11,26H,6-8,10,12H2,1H3,(H,22,25)/t20-/m0/s1. The number of ether oxygens (including phenoxy) is 1. The molecule has 1 aliphatic heterocycles. The molecular weight excluding hydrogens is 346 g/mol. The molecule has 1 spiro atoms. The summed E-state index contributed by atoms with van der Waals surface area (Å²) < 4.78 is 5.10. The van der Waals surface area contributed by atoms with E-state index in [0.29, 0.717) is 17.0 Å². The van der Waals surface area contributed by atoms with Gasteiger partial charge in [-0.3, -0.25) is 14.8 Å². The van der Waals surface area contributed by atoms with Crippen LogP contribution in [0.4, 0.5) is 5.69 Å². The number of amides is 2. The quantitative estimate of drug-likeness (QED) is 0.640. The number of fused-ring (bicyclic) bond motifs is 1. The lowest BCUT2D eigenvalue weighted by Gasteiger charge is -2.32. The van der Waals surface area contributed by atoms with Gasteiger partial charge in [0.25, 0.3) is 5.91 Å². The summed E-state index contributed by atoms with van der Waals surface area (Å²) in [7, 11) is 1.43. The van der Waals surface area contributed by atoms with Crippen LogP contribution in [0.5, 0.6) is 5.88 Å². The molecule has 1 aliphatic carbocycles. The maximum Gasteiger partial charge on any atom is 0.282 e. The van der Waals surface area contributed by atoms with Gasteiger partial charge in [0.2, 0.25) is 11.8 Å². The van der Waals surface area contributed by atoms with Gasteiger partial charge in [-0.15, -0.1) is 0 Å². The van der Waals surface area contributed by atoms with Crippen LogP contribution in [0.1, 0.15) is 34.3 Å². The SMILES string of the molecule is COc1ncccc1N(O)C(=O)c1ccc2c(c1)CC[C@]1(CCNC1=O)C2. The lowest BCUT2D eigenvalue weighted by molar-refractivity contribution is -0.128. The summed E-state index contributed by atoms with van der Waals surface area (Å²) in [6.07, 6.45) is 4.60. The normalized spacial score (nSPS) is 20.9. The Morgan fingerprint density at radius 3 is 2.89 bits per heavy atom. The van der Waals surface area contributed by atoms with Crippen LogP contribution in [-0.2, 0) is 17.6 Å². The molecule has 0 unspecified atom stereocenters. The highest BCUT2D eigenvalue weighted by Gasteiger charge is 2.44. The van der Waals surface area contributed by atoms with Gasteiger partial charge in [0.1, 0.15) is 5.69 Å². The minimum atomic E-state index is -0.553. The van der Waals surface area contributed by atoms with Crippen LogP contribution in [0, 0.1) is 5.41 Å². The smallest absolute Gasteiger partial charge is 0.282 e. The monoisotopic (exact) mass is 367 g/mol. The zero-order valence-electron chi connectivity index (χ0n) is 15.1. The summed E-state index contributed by atoms with van der Waals surface area (Å²) >= 11 is 0. The van der Waals surface area contributed by atoms with Gasteiger partial charge in [-0.05, 0) is 61.1 Å². The van der Waals surface area contributed by atoms with Gasteiger partial charge in [0, 0.05) is 18.3 Å². The predicted octanol–water partition coefficient (Wildman–Crippen LogP) is 2.12. The zero-order chi connectivity index (χ0) is 19.0. The number of carbonyl (C=O) groups is 2. The number of carbonyl (C=O) groups excluding carboxylic acids is 2. The van der Waals surface area contributed by atoms with Crippen LogP contribution in [0.2, 0.25) is 0 Å². The first-order chi connectivity index (χ1) is 13.0. The molecule has 27 heavy (non-hydrogen) atoms. The van der Waals surface area contributed by atoms with E-state index in [1.54, 1.807) is 18.2 Å². The molecule has 7 nitrogen and oxygen atoms in total. The fourth-order valence-corrected chi connectivity index (χ4v) is 4.05. The van der Waals surface area contributed by atoms with E-state index < -0.39 is 5.91 Å². The molecule has 2 N–H and O–H groups in total. The summed E-state index contributed by atoms with van der Waals surface area (Å²) in [5.74, 6) is -0.248. The third kappa shape index (κ3) is 2.94. The van der Waals surface area contributed by atoms with Gasteiger partial charge in [-0.25, -0.2) is 4.98 Å². The van der Waals surface area contributed by atoms with Crippen molar-refractivity contribution in [1.29, 1.82) is 0 Å². The number of rotatable bonds is 3. The number of hydroxylamine groups is 1. The maximum absolute atomic E-state index is 12.7. The molecule has 0 radical (unpaired) electrons. The molecule has 1 saturated heterocycles. The summed E-state index contributed by atoms with van der Waals surface area (Å²) in [5, 5.41) is 13.9. The second kappa shape index (κ2) is 6.66. The van der Waals surface area contributed by atoms with E-state index in [9.17, 15) is 14.8 Å². The molecule has 7 heteroatoms. The number of nitrogens with one attached hydrogen (secondary N) is 1. The van der Waals surface area contributed by atoms with Gasteiger partial charge in [0.15, 0.2) is 0 Å². The number of nitrogens with zero attached hydrogens (tertiary/aromatic N) is 2. The van der Waals surface area contributed by atoms with E-state index in [1.165, 1.54) is 13.3 Å². The second-order valence-electron chi connectivity index (χ2n) is 7.10. The summed E-state index contributed by atoms with van der Waals surface area (Å²) in [4.78, 5) is 28.9. The molecule has 2 aliphatic rings. The molecule has 2 heterocycles. The predicted molar refractivity (Wildman–Crippen MR) is 97.9 cm³/mol. The number of pyridine rings is 1. The van der Waals surface area contributed by atoms with Crippen molar-refractivity contribution < 1.29 is 19.5 Å². The fraction of sp³-hybridized carbons (Fsp3) is 0.350. The van der Waals surface area contributed by atoms with Crippen LogP contribution in [0.3, 0.4) is 0 Å². The highest BCUT2D eigenvalue weighted by Crippen LogP contribution is 2.41. The number of aryl methyl sites for hydroxylation is 1. The number of hydrogen-bond donors (Lipinski definition) is 2. The van der Waals surface area contributed by atoms with Crippen molar-refractivity contribution in [2.24, 2.45) is 5.41 Å². The van der Waals surface area contributed by atoms with Crippen molar-refractivity contribution in [1.82, 2.24) is 10.3 Å². The molecule has 140 valence electrons. The number of hydrogen-bond acceptors (Lipinski definition) is 5. The Labute approximate surface area is 156 Å². The Morgan fingerprint density at radius 2 is 2.15 bits per heavy atom. The molecule has 1 aromatic heterocycles. The Balaban J connectivity index is 1.59. The Hall–Kier alpha value is -2.93. The summed E-state index contributed by atoms with van der Waals surface area (Å²) in [6.45, 7) is 0.733. The third-order valence-electron chi connectivity index (χ3n) is 5.59. The van der Waals surface area contributed by atoms with Crippen LogP contribution < -0.4 is 15.1 Å². The Morgan fingerprint density at radius 1 is 1.30 bits per heavy atom. The molecule has 0 bridgehead atoms. The largest absolute Gasteiger partial charge is 0.479 e.